The van der Waals surface area contributed by atoms with Crippen molar-refractivity contribution in [3.63, 3.8) is 0 Å². The first-order chi connectivity index (χ1) is 9.11. The summed E-state index contributed by atoms with van der Waals surface area (Å²) in [7, 11) is 1.69. The molecule has 0 aliphatic rings. The lowest BCUT2D eigenvalue weighted by atomic mass is 10.1. The number of nitrogens with zero attached hydrogens (tertiary/aromatic N) is 1. The van der Waals surface area contributed by atoms with Crippen LogP contribution in [0.25, 0.3) is 0 Å². The lowest BCUT2D eigenvalue weighted by molar-refractivity contribution is -0.119. The Morgan fingerprint density at radius 1 is 1.26 bits per heavy atom. The number of benzene rings is 1. The van der Waals surface area contributed by atoms with Gasteiger partial charge in [0, 0.05) is 26.6 Å². The zero-order valence-corrected chi connectivity index (χ0v) is 12.3. The minimum Gasteiger partial charge on any atom is -0.383 e. The van der Waals surface area contributed by atoms with Crippen molar-refractivity contribution in [3.8, 4) is 0 Å². The van der Waals surface area contributed by atoms with E-state index in [1.807, 2.05) is 30.3 Å². The van der Waals surface area contributed by atoms with E-state index in [2.05, 4.69) is 18.7 Å². The van der Waals surface area contributed by atoms with Gasteiger partial charge < -0.3 is 4.74 Å². The van der Waals surface area contributed by atoms with E-state index in [9.17, 15) is 4.79 Å². The number of hydrogen-bond donors (Lipinski definition) is 0. The van der Waals surface area contributed by atoms with E-state index in [-0.39, 0.29) is 5.78 Å². The van der Waals surface area contributed by atoms with Gasteiger partial charge in [-0.25, -0.2) is 0 Å². The Labute approximate surface area is 116 Å². The van der Waals surface area contributed by atoms with Crippen molar-refractivity contribution in [2.45, 2.75) is 20.3 Å². The van der Waals surface area contributed by atoms with Crippen molar-refractivity contribution < 1.29 is 9.53 Å². The van der Waals surface area contributed by atoms with Gasteiger partial charge in [-0.05, 0) is 11.5 Å². The molecule has 0 saturated carbocycles. The summed E-state index contributed by atoms with van der Waals surface area (Å²) in [6.07, 6.45) is 0.516. The molecule has 0 aliphatic heterocycles. The predicted octanol–water partition coefficient (Wildman–Crippen LogP) is 2.40. The molecule has 1 aromatic carbocycles. The van der Waals surface area contributed by atoms with Gasteiger partial charge in [-0.1, -0.05) is 44.2 Å². The molecule has 106 valence electrons. The quantitative estimate of drug-likeness (QED) is 0.685. The molecule has 19 heavy (non-hydrogen) atoms. The molecule has 0 spiro atoms. The highest BCUT2D eigenvalue weighted by atomic mass is 16.5. The fourth-order valence-corrected chi connectivity index (χ4v) is 2.10. The molecular weight excluding hydrogens is 238 g/mol. The van der Waals surface area contributed by atoms with Crippen LogP contribution in [-0.2, 0) is 16.0 Å². The molecule has 0 amide bonds. The Kier molecular flexibility index (Phi) is 7.38. The number of hydrogen-bond acceptors (Lipinski definition) is 3. The van der Waals surface area contributed by atoms with Gasteiger partial charge in [0.25, 0.3) is 0 Å². The van der Waals surface area contributed by atoms with Crippen LogP contribution >= 0.6 is 0 Å². The second-order valence-electron chi connectivity index (χ2n) is 5.32. The summed E-state index contributed by atoms with van der Waals surface area (Å²) in [5.74, 6) is 0.823. The Morgan fingerprint density at radius 3 is 2.53 bits per heavy atom. The van der Waals surface area contributed by atoms with Crippen LogP contribution in [0, 0.1) is 5.92 Å². The standard InChI is InChI=1S/C16H25NO2/c1-14(2)12-17(9-10-19-3)13-16(18)11-15-7-5-4-6-8-15/h4-8,14H,9-13H2,1-3H3. The molecule has 0 saturated heterocycles. The van der Waals surface area contributed by atoms with Crippen molar-refractivity contribution in [1.29, 1.82) is 0 Å². The number of ether oxygens (including phenoxy) is 1. The molecule has 0 heterocycles. The molecule has 1 aromatic rings. The number of carbonyl (C=O) groups excluding carboxylic acids is 1. The van der Waals surface area contributed by atoms with E-state index in [1.54, 1.807) is 7.11 Å². The molecular formula is C16H25NO2. The maximum absolute atomic E-state index is 12.1. The smallest absolute Gasteiger partial charge is 0.151 e. The van der Waals surface area contributed by atoms with Gasteiger partial charge in [0.2, 0.25) is 0 Å². The molecule has 0 aliphatic carbocycles. The number of rotatable bonds is 9. The van der Waals surface area contributed by atoms with Crippen LogP contribution in [0.3, 0.4) is 0 Å². The monoisotopic (exact) mass is 263 g/mol. The summed E-state index contributed by atoms with van der Waals surface area (Å²) in [5, 5.41) is 0. The second kappa shape index (κ2) is 8.83. The van der Waals surface area contributed by atoms with Crippen molar-refractivity contribution in [3.05, 3.63) is 35.9 Å². The third kappa shape index (κ3) is 7.09. The molecule has 0 fully saturated rings. The lowest BCUT2D eigenvalue weighted by Crippen LogP contribution is -2.36. The van der Waals surface area contributed by atoms with Crippen LogP contribution in [0.1, 0.15) is 19.4 Å². The fourth-order valence-electron chi connectivity index (χ4n) is 2.10. The minimum absolute atomic E-state index is 0.267. The zero-order chi connectivity index (χ0) is 14.1. The van der Waals surface area contributed by atoms with Gasteiger partial charge in [-0.15, -0.1) is 0 Å². The van der Waals surface area contributed by atoms with Crippen LogP contribution in [-0.4, -0.2) is 44.0 Å². The molecule has 0 unspecified atom stereocenters. The van der Waals surface area contributed by atoms with Crippen LogP contribution in [0.5, 0.6) is 0 Å². The molecule has 0 bridgehead atoms. The second-order valence-corrected chi connectivity index (χ2v) is 5.32. The molecule has 3 nitrogen and oxygen atoms in total. The van der Waals surface area contributed by atoms with Crippen LogP contribution in [0.4, 0.5) is 0 Å². The van der Waals surface area contributed by atoms with E-state index in [0.29, 0.717) is 25.5 Å². The summed E-state index contributed by atoms with van der Waals surface area (Å²) >= 11 is 0. The van der Waals surface area contributed by atoms with E-state index in [4.69, 9.17) is 4.74 Å². The van der Waals surface area contributed by atoms with Gasteiger partial charge in [-0.3, -0.25) is 9.69 Å². The first kappa shape index (κ1) is 15.9. The normalized spacial score (nSPS) is 11.2. The SMILES string of the molecule is COCCN(CC(=O)Cc1ccccc1)CC(C)C. The van der Waals surface area contributed by atoms with E-state index >= 15 is 0 Å². The summed E-state index contributed by atoms with van der Waals surface area (Å²) < 4.78 is 5.10. The Morgan fingerprint density at radius 2 is 1.95 bits per heavy atom. The van der Waals surface area contributed by atoms with Crippen molar-refractivity contribution >= 4 is 5.78 Å². The molecule has 0 radical (unpaired) electrons. The first-order valence-corrected chi connectivity index (χ1v) is 6.88. The van der Waals surface area contributed by atoms with Gasteiger partial charge in [0.05, 0.1) is 13.2 Å². The van der Waals surface area contributed by atoms with E-state index in [0.717, 1.165) is 18.7 Å². The van der Waals surface area contributed by atoms with Crippen molar-refractivity contribution in [2.75, 3.05) is 33.4 Å². The highest BCUT2D eigenvalue weighted by Crippen LogP contribution is 2.03. The number of methoxy groups -OCH3 is 1. The molecule has 0 atom stereocenters. The van der Waals surface area contributed by atoms with E-state index < -0.39 is 0 Å². The molecule has 0 aromatic heterocycles. The number of ketones is 1. The van der Waals surface area contributed by atoms with Gasteiger partial charge in [-0.2, -0.15) is 0 Å². The minimum atomic E-state index is 0.267. The number of Topliss-reactive ketones (excluding diaryl/α,β-unsaturated/α-hetero) is 1. The fraction of sp³-hybridized carbons (Fsp3) is 0.562. The molecule has 0 N–H and O–H groups in total. The summed E-state index contributed by atoms with van der Waals surface area (Å²) in [5.41, 5.74) is 1.09. The third-order valence-corrected chi connectivity index (χ3v) is 2.88. The Hall–Kier alpha value is -1.19. The third-order valence-electron chi connectivity index (χ3n) is 2.88. The number of carbonyl (C=O) groups is 1. The molecule has 1 rings (SSSR count). The van der Waals surface area contributed by atoms with Crippen LogP contribution in [0.2, 0.25) is 0 Å². The maximum Gasteiger partial charge on any atom is 0.151 e. The Bertz CT molecular complexity index is 362. The van der Waals surface area contributed by atoms with Crippen LogP contribution in [0.15, 0.2) is 30.3 Å². The highest BCUT2D eigenvalue weighted by molar-refractivity contribution is 5.82. The van der Waals surface area contributed by atoms with Crippen LogP contribution < -0.4 is 0 Å². The van der Waals surface area contributed by atoms with Gasteiger partial charge in [0.1, 0.15) is 0 Å². The van der Waals surface area contributed by atoms with Crippen molar-refractivity contribution in [1.82, 2.24) is 4.90 Å². The zero-order valence-electron chi connectivity index (χ0n) is 12.3. The van der Waals surface area contributed by atoms with E-state index in [1.165, 1.54) is 0 Å². The van der Waals surface area contributed by atoms with Gasteiger partial charge in [0.15, 0.2) is 5.78 Å². The first-order valence-electron chi connectivity index (χ1n) is 6.88. The summed E-state index contributed by atoms with van der Waals surface area (Å²) in [6.45, 7) is 7.27. The molecule has 3 heteroatoms. The summed E-state index contributed by atoms with van der Waals surface area (Å²) in [6, 6.07) is 9.91. The van der Waals surface area contributed by atoms with Crippen molar-refractivity contribution in [2.24, 2.45) is 5.92 Å². The maximum atomic E-state index is 12.1. The average molecular weight is 263 g/mol. The Balaban J connectivity index is 2.45. The average Bonchev–Trinajstić information content (AvgIpc) is 2.36. The predicted molar refractivity (Wildman–Crippen MR) is 78.3 cm³/mol. The largest absolute Gasteiger partial charge is 0.383 e. The summed E-state index contributed by atoms with van der Waals surface area (Å²) in [4.78, 5) is 14.3. The lowest BCUT2D eigenvalue weighted by Gasteiger charge is -2.23. The highest BCUT2D eigenvalue weighted by Gasteiger charge is 2.12. The topological polar surface area (TPSA) is 29.5 Å². The van der Waals surface area contributed by atoms with Gasteiger partial charge >= 0.3 is 0 Å².